The smallest absolute Gasteiger partial charge is 0.272 e. The number of hydrogen-bond donors (Lipinski definition) is 2. The molecule has 3 aromatic rings. The molecule has 0 aromatic heterocycles. The number of amides is 2. The van der Waals surface area contributed by atoms with Gasteiger partial charge in [-0.3, -0.25) is 9.59 Å². The molecule has 0 fully saturated rings. The molecule has 0 aliphatic heterocycles. The van der Waals surface area contributed by atoms with E-state index < -0.39 is 11.3 Å². The topological polar surface area (TPSA) is 58.2 Å². The highest BCUT2D eigenvalue weighted by molar-refractivity contribution is 6.30. The SMILES string of the molecule is CC(C)(C)C(=O)N/C(=C/c1ccc(Cl)cc1)C(=O)Nc1cccc2ccccc12. The van der Waals surface area contributed by atoms with Gasteiger partial charge in [-0.1, -0.05) is 80.9 Å². The summed E-state index contributed by atoms with van der Waals surface area (Å²) in [6, 6.07) is 20.5. The van der Waals surface area contributed by atoms with Crippen LogP contribution in [-0.4, -0.2) is 11.8 Å². The third kappa shape index (κ3) is 5.24. The number of benzene rings is 3. The van der Waals surface area contributed by atoms with Gasteiger partial charge in [0.1, 0.15) is 5.70 Å². The van der Waals surface area contributed by atoms with E-state index in [0.717, 1.165) is 16.3 Å². The lowest BCUT2D eigenvalue weighted by Gasteiger charge is -2.19. The molecule has 148 valence electrons. The van der Waals surface area contributed by atoms with Gasteiger partial charge in [-0.25, -0.2) is 0 Å². The summed E-state index contributed by atoms with van der Waals surface area (Å²) in [7, 11) is 0. The van der Waals surface area contributed by atoms with E-state index in [1.165, 1.54) is 0 Å². The van der Waals surface area contributed by atoms with Crippen LogP contribution in [0.4, 0.5) is 5.69 Å². The lowest BCUT2D eigenvalue weighted by Crippen LogP contribution is -2.38. The van der Waals surface area contributed by atoms with Gasteiger partial charge in [-0.15, -0.1) is 0 Å². The Morgan fingerprint density at radius 3 is 2.24 bits per heavy atom. The summed E-state index contributed by atoms with van der Waals surface area (Å²) in [6.07, 6.45) is 1.64. The molecule has 0 radical (unpaired) electrons. The fourth-order valence-electron chi connectivity index (χ4n) is 2.72. The van der Waals surface area contributed by atoms with Gasteiger partial charge in [0, 0.05) is 21.5 Å². The van der Waals surface area contributed by atoms with Crippen molar-refractivity contribution in [2.24, 2.45) is 5.41 Å². The lowest BCUT2D eigenvalue weighted by molar-refractivity contribution is -0.128. The summed E-state index contributed by atoms with van der Waals surface area (Å²) in [5.41, 5.74) is 0.964. The zero-order chi connectivity index (χ0) is 21.0. The minimum absolute atomic E-state index is 0.167. The molecule has 29 heavy (non-hydrogen) atoms. The summed E-state index contributed by atoms with van der Waals surface area (Å²) in [4.78, 5) is 25.6. The van der Waals surface area contributed by atoms with Crippen molar-refractivity contribution in [1.82, 2.24) is 5.32 Å². The Bertz CT molecular complexity index is 1070. The van der Waals surface area contributed by atoms with Crippen molar-refractivity contribution >= 4 is 46.0 Å². The van der Waals surface area contributed by atoms with E-state index in [4.69, 9.17) is 11.6 Å². The van der Waals surface area contributed by atoms with Crippen molar-refractivity contribution in [2.75, 3.05) is 5.32 Å². The molecule has 0 atom stereocenters. The number of rotatable bonds is 4. The van der Waals surface area contributed by atoms with Gasteiger partial charge in [0.05, 0.1) is 0 Å². The highest BCUT2D eigenvalue weighted by atomic mass is 35.5. The molecular formula is C24H23ClN2O2. The minimum atomic E-state index is -0.640. The third-order valence-electron chi connectivity index (χ3n) is 4.39. The van der Waals surface area contributed by atoms with Crippen molar-refractivity contribution in [1.29, 1.82) is 0 Å². The van der Waals surface area contributed by atoms with Crippen molar-refractivity contribution in [3.05, 3.63) is 83.0 Å². The van der Waals surface area contributed by atoms with Gasteiger partial charge < -0.3 is 10.6 Å². The van der Waals surface area contributed by atoms with Crippen molar-refractivity contribution in [3.8, 4) is 0 Å². The Morgan fingerprint density at radius 1 is 0.897 bits per heavy atom. The van der Waals surface area contributed by atoms with E-state index in [1.54, 1.807) is 51.1 Å². The average Bonchev–Trinajstić information content (AvgIpc) is 2.68. The second-order valence-electron chi connectivity index (χ2n) is 7.79. The van der Waals surface area contributed by atoms with Gasteiger partial charge in [-0.05, 0) is 35.2 Å². The summed E-state index contributed by atoms with van der Waals surface area (Å²) in [5, 5.41) is 8.24. The number of nitrogens with one attached hydrogen (secondary N) is 2. The number of carbonyl (C=O) groups is 2. The van der Waals surface area contributed by atoms with Crippen LogP contribution in [0.15, 0.2) is 72.4 Å². The predicted octanol–water partition coefficient (Wildman–Crippen LogP) is 5.64. The highest BCUT2D eigenvalue weighted by Crippen LogP contribution is 2.24. The van der Waals surface area contributed by atoms with Gasteiger partial charge in [0.2, 0.25) is 5.91 Å². The van der Waals surface area contributed by atoms with Crippen molar-refractivity contribution in [3.63, 3.8) is 0 Å². The Balaban J connectivity index is 1.95. The van der Waals surface area contributed by atoms with E-state index in [2.05, 4.69) is 10.6 Å². The maximum absolute atomic E-state index is 13.1. The van der Waals surface area contributed by atoms with Crippen LogP contribution in [0.2, 0.25) is 5.02 Å². The van der Waals surface area contributed by atoms with Crippen LogP contribution in [0.3, 0.4) is 0 Å². The summed E-state index contributed by atoms with van der Waals surface area (Å²) < 4.78 is 0. The van der Waals surface area contributed by atoms with Crippen LogP contribution in [0.25, 0.3) is 16.8 Å². The molecule has 4 nitrogen and oxygen atoms in total. The molecule has 0 bridgehead atoms. The maximum Gasteiger partial charge on any atom is 0.272 e. The van der Waals surface area contributed by atoms with E-state index in [0.29, 0.717) is 10.7 Å². The quantitative estimate of drug-likeness (QED) is 0.551. The first-order chi connectivity index (χ1) is 13.7. The van der Waals surface area contributed by atoms with Gasteiger partial charge in [0.25, 0.3) is 5.91 Å². The van der Waals surface area contributed by atoms with Crippen LogP contribution >= 0.6 is 11.6 Å². The van der Waals surface area contributed by atoms with Gasteiger partial charge in [-0.2, -0.15) is 0 Å². The molecule has 0 aliphatic rings. The first kappa shape index (κ1) is 20.6. The van der Waals surface area contributed by atoms with Crippen molar-refractivity contribution < 1.29 is 9.59 Å². The Labute approximate surface area is 175 Å². The standard InChI is InChI=1S/C24H23ClN2O2/c1-24(2,3)23(29)27-21(15-16-11-13-18(25)14-12-16)22(28)26-20-10-6-8-17-7-4-5-9-19(17)20/h4-15H,1-3H3,(H,26,28)(H,27,29)/b21-15+. The van der Waals surface area contributed by atoms with Gasteiger partial charge in [0.15, 0.2) is 0 Å². The highest BCUT2D eigenvalue weighted by Gasteiger charge is 2.24. The minimum Gasteiger partial charge on any atom is -0.321 e. The monoisotopic (exact) mass is 406 g/mol. The predicted molar refractivity (Wildman–Crippen MR) is 120 cm³/mol. The molecule has 0 aliphatic carbocycles. The molecule has 2 N–H and O–H groups in total. The summed E-state index contributed by atoms with van der Waals surface area (Å²) in [5.74, 6) is -0.639. The lowest BCUT2D eigenvalue weighted by atomic mass is 9.95. The summed E-state index contributed by atoms with van der Waals surface area (Å²) >= 11 is 5.95. The van der Waals surface area contributed by atoms with Crippen LogP contribution in [0, 0.1) is 5.41 Å². The van der Waals surface area contributed by atoms with E-state index >= 15 is 0 Å². The Hall–Kier alpha value is -3.11. The number of anilines is 1. The zero-order valence-corrected chi connectivity index (χ0v) is 17.4. The molecule has 0 saturated carbocycles. The molecule has 0 heterocycles. The molecule has 3 rings (SSSR count). The molecule has 5 heteroatoms. The van der Waals surface area contributed by atoms with E-state index in [9.17, 15) is 9.59 Å². The Morgan fingerprint density at radius 2 is 1.55 bits per heavy atom. The molecule has 0 unspecified atom stereocenters. The maximum atomic E-state index is 13.1. The van der Waals surface area contributed by atoms with E-state index in [1.807, 2.05) is 42.5 Å². The third-order valence-corrected chi connectivity index (χ3v) is 4.64. The second kappa shape index (κ2) is 8.50. The van der Waals surface area contributed by atoms with Crippen LogP contribution in [-0.2, 0) is 9.59 Å². The summed E-state index contributed by atoms with van der Waals surface area (Å²) in [6.45, 7) is 5.39. The largest absolute Gasteiger partial charge is 0.321 e. The molecule has 0 saturated heterocycles. The number of carbonyl (C=O) groups excluding carboxylic acids is 2. The first-order valence-electron chi connectivity index (χ1n) is 9.32. The number of hydrogen-bond acceptors (Lipinski definition) is 2. The molecule has 3 aromatic carbocycles. The molecule has 0 spiro atoms. The van der Waals surface area contributed by atoms with Crippen LogP contribution < -0.4 is 10.6 Å². The van der Waals surface area contributed by atoms with Crippen molar-refractivity contribution in [2.45, 2.75) is 20.8 Å². The zero-order valence-electron chi connectivity index (χ0n) is 16.6. The van der Waals surface area contributed by atoms with Crippen LogP contribution in [0.1, 0.15) is 26.3 Å². The average molecular weight is 407 g/mol. The van der Waals surface area contributed by atoms with E-state index in [-0.39, 0.29) is 11.6 Å². The fourth-order valence-corrected chi connectivity index (χ4v) is 2.84. The number of halogens is 1. The van der Waals surface area contributed by atoms with Gasteiger partial charge >= 0.3 is 0 Å². The fraction of sp³-hybridized carbons (Fsp3) is 0.167. The first-order valence-corrected chi connectivity index (χ1v) is 9.70. The molecule has 2 amide bonds. The number of fused-ring (bicyclic) bond motifs is 1. The van der Waals surface area contributed by atoms with Crippen LogP contribution in [0.5, 0.6) is 0 Å². The normalized spacial score (nSPS) is 11.9. The molecular weight excluding hydrogens is 384 g/mol. The Kier molecular flexibility index (Phi) is 6.04. The second-order valence-corrected chi connectivity index (χ2v) is 8.23.